The van der Waals surface area contributed by atoms with Crippen molar-refractivity contribution in [2.24, 2.45) is 7.05 Å². The van der Waals surface area contributed by atoms with Crippen LogP contribution >= 0.6 is 0 Å². The number of terminal acetylenes is 1. The summed E-state index contributed by atoms with van der Waals surface area (Å²) < 4.78 is 1.90. The third-order valence-electron chi connectivity index (χ3n) is 2.58. The standard InChI is InChI=1S/C12H19N3/c1-4-5-6-7-8-13-9-12-10-14-15(3)11(12)2/h1,10,13H,5-9H2,2-3H3. The van der Waals surface area contributed by atoms with Gasteiger partial charge in [0.15, 0.2) is 0 Å². The predicted molar refractivity (Wildman–Crippen MR) is 62.3 cm³/mol. The molecular weight excluding hydrogens is 186 g/mol. The number of aromatic nitrogens is 2. The van der Waals surface area contributed by atoms with Crippen LogP contribution in [0.25, 0.3) is 0 Å². The van der Waals surface area contributed by atoms with Gasteiger partial charge in [-0.25, -0.2) is 0 Å². The first-order valence-corrected chi connectivity index (χ1v) is 5.37. The summed E-state index contributed by atoms with van der Waals surface area (Å²) in [6, 6.07) is 0. The van der Waals surface area contributed by atoms with E-state index in [0.29, 0.717) is 0 Å². The summed E-state index contributed by atoms with van der Waals surface area (Å²) in [5, 5.41) is 7.59. The van der Waals surface area contributed by atoms with Crippen LogP contribution < -0.4 is 5.32 Å². The van der Waals surface area contributed by atoms with Crippen molar-refractivity contribution in [1.29, 1.82) is 0 Å². The number of aryl methyl sites for hydroxylation is 1. The van der Waals surface area contributed by atoms with Gasteiger partial charge in [0.1, 0.15) is 0 Å². The lowest BCUT2D eigenvalue weighted by atomic mass is 10.2. The largest absolute Gasteiger partial charge is 0.313 e. The van der Waals surface area contributed by atoms with E-state index in [1.807, 2.05) is 17.9 Å². The molecule has 1 aromatic heterocycles. The van der Waals surface area contributed by atoms with Gasteiger partial charge < -0.3 is 5.32 Å². The molecule has 0 aliphatic heterocycles. The summed E-state index contributed by atoms with van der Waals surface area (Å²) in [4.78, 5) is 0. The number of nitrogens with one attached hydrogen (secondary N) is 1. The second-order valence-electron chi connectivity index (χ2n) is 3.72. The van der Waals surface area contributed by atoms with Crippen molar-refractivity contribution in [3.63, 3.8) is 0 Å². The third-order valence-corrected chi connectivity index (χ3v) is 2.58. The van der Waals surface area contributed by atoms with Crippen molar-refractivity contribution >= 4 is 0 Å². The Hall–Kier alpha value is -1.27. The van der Waals surface area contributed by atoms with E-state index in [2.05, 4.69) is 23.3 Å². The predicted octanol–water partition coefficient (Wildman–Crippen LogP) is 1.62. The van der Waals surface area contributed by atoms with Crippen LogP contribution in [-0.2, 0) is 13.6 Å². The van der Waals surface area contributed by atoms with Crippen molar-refractivity contribution in [1.82, 2.24) is 15.1 Å². The molecule has 0 saturated carbocycles. The lowest BCUT2D eigenvalue weighted by molar-refractivity contribution is 0.627. The SMILES string of the molecule is C#CCCCCNCc1cnn(C)c1C. The van der Waals surface area contributed by atoms with Crippen molar-refractivity contribution in [2.75, 3.05) is 6.54 Å². The van der Waals surface area contributed by atoms with Gasteiger partial charge in [0.2, 0.25) is 0 Å². The van der Waals surface area contributed by atoms with E-state index in [4.69, 9.17) is 6.42 Å². The van der Waals surface area contributed by atoms with E-state index in [9.17, 15) is 0 Å². The van der Waals surface area contributed by atoms with E-state index in [1.165, 1.54) is 11.3 Å². The van der Waals surface area contributed by atoms with Gasteiger partial charge in [-0.2, -0.15) is 5.10 Å². The molecule has 1 rings (SSSR count). The second kappa shape index (κ2) is 6.26. The van der Waals surface area contributed by atoms with Crippen LogP contribution in [0.4, 0.5) is 0 Å². The van der Waals surface area contributed by atoms with Crippen LogP contribution in [0.1, 0.15) is 30.5 Å². The monoisotopic (exact) mass is 205 g/mol. The fourth-order valence-corrected chi connectivity index (χ4v) is 1.42. The minimum absolute atomic E-state index is 0.883. The minimum Gasteiger partial charge on any atom is -0.313 e. The first-order chi connectivity index (χ1) is 7.25. The summed E-state index contributed by atoms with van der Waals surface area (Å²) >= 11 is 0. The van der Waals surface area contributed by atoms with E-state index < -0.39 is 0 Å². The number of hydrogen-bond donors (Lipinski definition) is 1. The van der Waals surface area contributed by atoms with Crippen LogP contribution in [0.2, 0.25) is 0 Å². The van der Waals surface area contributed by atoms with E-state index >= 15 is 0 Å². The zero-order valence-electron chi connectivity index (χ0n) is 9.58. The topological polar surface area (TPSA) is 29.9 Å². The Morgan fingerprint density at radius 2 is 2.33 bits per heavy atom. The molecule has 82 valence electrons. The molecule has 1 aromatic rings. The zero-order chi connectivity index (χ0) is 11.1. The molecule has 0 aliphatic rings. The average molecular weight is 205 g/mol. The maximum Gasteiger partial charge on any atom is 0.0537 e. The maximum absolute atomic E-state index is 5.18. The molecule has 0 radical (unpaired) electrons. The van der Waals surface area contributed by atoms with Crippen molar-refractivity contribution in [3.8, 4) is 12.3 Å². The molecule has 0 spiro atoms. The van der Waals surface area contributed by atoms with Crippen molar-refractivity contribution in [3.05, 3.63) is 17.5 Å². The van der Waals surface area contributed by atoms with Crippen LogP contribution in [0.3, 0.4) is 0 Å². The molecule has 0 atom stereocenters. The Bertz CT molecular complexity index is 333. The third kappa shape index (κ3) is 3.77. The van der Waals surface area contributed by atoms with Gasteiger partial charge in [-0.15, -0.1) is 12.3 Å². The molecule has 15 heavy (non-hydrogen) atoms. The number of nitrogens with zero attached hydrogens (tertiary/aromatic N) is 2. The normalized spacial score (nSPS) is 10.2. The zero-order valence-corrected chi connectivity index (χ0v) is 9.58. The molecule has 0 unspecified atom stereocenters. The number of hydrogen-bond acceptors (Lipinski definition) is 2. The van der Waals surface area contributed by atoms with Crippen LogP contribution in [0, 0.1) is 19.3 Å². The van der Waals surface area contributed by atoms with Gasteiger partial charge in [0.25, 0.3) is 0 Å². The highest BCUT2D eigenvalue weighted by Crippen LogP contribution is 2.04. The quantitative estimate of drug-likeness (QED) is 0.565. The van der Waals surface area contributed by atoms with E-state index in [-0.39, 0.29) is 0 Å². The van der Waals surface area contributed by atoms with Crippen LogP contribution in [0.5, 0.6) is 0 Å². The van der Waals surface area contributed by atoms with Gasteiger partial charge in [0.05, 0.1) is 6.20 Å². The summed E-state index contributed by atoms with van der Waals surface area (Å²) in [6.45, 7) is 4.01. The maximum atomic E-state index is 5.18. The van der Waals surface area contributed by atoms with Crippen LogP contribution in [0.15, 0.2) is 6.20 Å². The summed E-state index contributed by atoms with van der Waals surface area (Å²) in [7, 11) is 1.96. The van der Waals surface area contributed by atoms with Gasteiger partial charge in [0, 0.05) is 31.3 Å². The highest BCUT2D eigenvalue weighted by molar-refractivity contribution is 5.15. The Morgan fingerprint density at radius 3 is 2.93 bits per heavy atom. The Labute approximate surface area is 91.9 Å². The lowest BCUT2D eigenvalue weighted by Gasteiger charge is -2.03. The summed E-state index contributed by atoms with van der Waals surface area (Å²) in [5.74, 6) is 2.65. The Balaban J connectivity index is 2.16. The summed E-state index contributed by atoms with van der Waals surface area (Å²) in [6.07, 6.45) is 10.2. The lowest BCUT2D eigenvalue weighted by Crippen LogP contribution is -2.15. The van der Waals surface area contributed by atoms with Crippen molar-refractivity contribution < 1.29 is 0 Å². The molecule has 1 N–H and O–H groups in total. The molecule has 0 bridgehead atoms. The van der Waals surface area contributed by atoms with Gasteiger partial charge in [-0.05, 0) is 26.3 Å². The van der Waals surface area contributed by atoms with Gasteiger partial charge in [-0.3, -0.25) is 4.68 Å². The molecule has 0 amide bonds. The van der Waals surface area contributed by atoms with Crippen LogP contribution in [-0.4, -0.2) is 16.3 Å². The molecule has 3 heteroatoms. The first kappa shape index (κ1) is 11.8. The number of rotatable bonds is 6. The van der Waals surface area contributed by atoms with Gasteiger partial charge in [-0.1, -0.05) is 0 Å². The fraction of sp³-hybridized carbons (Fsp3) is 0.583. The van der Waals surface area contributed by atoms with Gasteiger partial charge >= 0.3 is 0 Å². The minimum atomic E-state index is 0.883. The molecule has 0 saturated heterocycles. The highest BCUT2D eigenvalue weighted by Gasteiger charge is 2.01. The molecule has 3 nitrogen and oxygen atoms in total. The number of unbranched alkanes of at least 4 members (excludes halogenated alkanes) is 2. The molecule has 0 aromatic carbocycles. The average Bonchev–Trinajstić information content (AvgIpc) is 2.54. The molecule has 1 heterocycles. The molecular formula is C12H19N3. The summed E-state index contributed by atoms with van der Waals surface area (Å²) in [5.41, 5.74) is 2.50. The Morgan fingerprint density at radius 1 is 1.53 bits per heavy atom. The van der Waals surface area contributed by atoms with E-state index in [0.717, 1.165) is 32.4 Å². The first-order valence-electron chi connectivity index (χ1n) is 5.37. The van der Waals surface area contributed by atoms with E-state index in [1.54, 1.807) is 0 Å². The Kier molecular flexibility index (Phi) is 4.92. The molecule has 0 aliphatic carbocycles. The van der Waals surface area contributed by atoms with Crippen molar-refractivity contribution in [2.45, 2.75) is 32.7 Å². The highest BCUT2D eigenvalue weighted by atomic mass is 15.3. The fourth-order valence-electron chi connectivity index (χ4n) is 1.42. The smallest absolute Gasteiger partial charge is 0.0537 e. The molecule has 0 fully saturated rings. The second-order valence-corrected chi connectivity index (χ2v) is 3.72.